The van der Waals surface area contributed by atoms with Gasteiger partial charge in [0.15, 0.2) is 0 Å². The van der Waals surface area contributed by atoms with Crippen molar-refractivity contribution in [3.8, 4) is 0 Å². The molecular formula is C17H11F6N. The summed E-state index contributed by atoms with van der Waals surface area (Å²) < 4.78 is 77.7. The Balaban J connectivity index is 2.06. The summed E-state index contributed by atoms with van der Waals surface area (Å²) in [5.41, 5.74) is -0.773. The fourth-order valence-electron chi connectivity index (χ4n) is 2.66. The van der Waals surface area contributed by atoms with Gasteiger partial charge in [-0.3, -0.25) is 0 Å². The zero-order chi connectivity index (χ0) is 17.5. The highest BCUT2D eigenvalue weighted by Gasteiger charge is 2.33. The van der Waals surface area contributed by atoms with Crippen molar-refractivity contribution in [3.05, 3.63) is 70.9 Å². The Hall–Kier alpha value is -2.44. The maximum absolute atomic E-state index is 13.1. The Kier molecular flexibility index (Phi) is 3.81. The first kappa shape index (κ1) is 16.4. The number of benzene rings is 2. The molecule has 1 N–H and O–H groups in total. The van der Waals surface area contributed by atoms with Crippen molar-refractivity contribution in [3.63, 3.8) is 0 Å². The van der Waals surface area contributed by atoms with Crippen molar-refractivity contribution in [2.75, 3.05) is 0 Å². The number of hydrogen-bond acceptors (Lipinski definition) is 0. The Bertz CT molecular complexity index is 873. The molecule has 0 amide bonds. The van der Waals surface area contributed by atoms with Crippen LogP contribution in [-0.4, -0.2) is 4.98 Å². The van der Waals surface area contributed by atoms with Crippen LogP contribution in [0.4, 0.5) is 26.3 Å². The second kappa shape index (κ2) is 5.58. The summed E-state index contributed by atoms with van der Waals surface area (Å²) in [5, 5.41) is 0.266. The SMILES string of the molecule is FC(F)(F)c1ccc2[nH]cc(Cc3ccccc3C(F)(F)F)c2c1. The predicted molar refractivity (Wildman–Crippen MR) is 77.6 cm³/mol. The molecule has 1 nitrogen and oxygen atoms in total. The lowest BCUT2D eigenvalue weighted by atomic mass is 9.98. The largest absolute Gasteiger partial charge is 0.416 e. The van der Waals surface area contributed by atoms with Gasteiger partial charge >= 0.3 is 12.4 Å². The number of alkyl halides is 6. The van der Waals surface area contributed by atoms with E-state index in [1.807, 2.05) is 0 Å². The number of hydrogen-bond donors (Lipinski definition) is 1. The number of aromatic amines is 1. The molecule has 0 spiro atoms. The van der Waals surface area contributed by atoms with Gasteiger partial charge in [-0.25, -0.2) is 0 Å². The van der Waals surface area contributed by atoms with Crippen LogP contribution in [0.3, 0.4) is 0 Å². The van der Waals surface area contributed by atoms with Gasteiger partial charge in [-0.1, -0.05) is 18.2 Å². The van der Waals surface area contributed by atoms with E-state index in [9.17, 15) is 26.3 Å². The van der Waals surface area contributed by atoms with Gasteiger partial charge in [0.1, 0.15) is 0 Å². The first-order valence-corrected chi connectivity index (χ1v) is 6.98. The molecule has 0 aliphatic heterocycles. The molecule has 0 unspecified atom stereocenters. The third kappa shape index (κ3) is 3.11. The number of fused-ring (bicyclic) bond motifs is 1. The van der Waals surface area contributed by atoms with Gasteiger partial charge in [0.05, 0.1) is 11.1 Å². The van der Waals surface area contributed by atoms with Crippen LogP contribution in [0.2, 0.25) is 0 Å². The van der Waals surface area contributed by atoms with Crippen LogP contribution in [0.1, 0.15) is 22.3 Å². The predicted octanol–water partition coefficient (Wildman–Crippen LogP) is 5.80. The zero-order valence-corrected chi connectivity index (χ0v) is 12.1. The minimum Gasteiger partial charge on any atom is -0.361 e. The lowest BCUT2D eigenvalue weighted by Crippen LogP contribution is -2.09. The molecule has 126 valence electrons. The number of nitrogens with one attached hydrogen (secondary N) is 1. The van der Waals surface area contributed by atoms with Crippen LogP contribution in [0.25, 0.3) is 10.9 Å². The Labute approximate surface area is 132 Å². The van der Waals surface area contributed by atoms with Crippen LogP contribution in [-0.2, 0) is 18.8 Å². The van der Waals surface area contributed by atoms with Crippen molar-refractivity contribution in [2.45, 2.75) is 18.8 Å². The van der Waals surface area contributed by atoms with Crippen molar-refractivity contribution in [2.24, 2.45) is 0 Å². The van der Waals surface area contributed by atoms with Gasteiger partial charge in [0, 0.05) is 23.5 Å². The van der Waals surface area contributed by atoms with E-state index in [1.165, 1.54) is 30.5 Å². The molecule has 0 aliphatic rings. The highest BCUT2D eigenvalue weighted by atomic mass is 19.4. The van der Waals surface area contributed by atoms with Gasteiger partial charge < -0.3 is 4.98 Å². The molecule has 0 bridgehead atoms. The topological polar surface area (TPSA) is 15.8 Å². The van der Waals surface area contributed by atoms with E-state index < -0.39 is 23.5 Å². The molecule has 0 saturated carbocycles. The molecule has 1 aromatic heterocycles. The lowest BCUT2D eigenvalue weighted by Gasteiger charge is -2.12. The summed E-state index contributed by atoms with van der Waals surface area (Å²) in [6.45, 7) is 0. The normalized spacial score (nSPS) is 12.8. The standard InChI is InChI=1S/C17H11F6N/c18-16(19,20)12-5-6-15-13(8-12)11(9-24-15)7-10-3-1-2-4-14(10)17(21,22)23/h1-6,8-9,24H,7H2. The van der Waals surface area contributed by atoms with Crippen molar-refractivity contribution in [1.82, 2.24) is 4.98 Å². The van der Waals surface area contributed by atoms with E-state index in [-0.39, 0.29) is 17.4 Å². The first-order valence-electron chi connectivity index (χ1n) is 6.98. The average molecular weight is 343 g/mol. The first-order chi connectivity index (χ1) is 11.2. The van der Waals surface area contributed by atoms with Gasteiger partial charge in [0.25, 0.3) is 0 Å². The quantitative estimate of drug-likeness (QED) is 0.566. The molecule has 0 atom stereocenters. The Morgan fingerprint density at radius 1 is 0.792 bits per heavy atom. The summed E-state index contributed by atoms with van der Waals surface area (Å²) in [5.74, 6) is 0. The van der Waals surface area contributed by atoms with Crippen LogP contribution < -0.4 is 0 Å². The third-order valence-electron chi connectivity index (χ3n) is 3.80. The van der Waals surface area contributed by atoms with E-state index in [2.05, 4.69) is 4.98 Å². The Morgan fingerprint density at radius 3 is 2.17 bits per heavy atom. The number of rotatable bonds is 2. The molecule has 0 saturated heterocycles. The maximum atomic E-state index is 13.1. The molecule has 7 heteroatoms. The second-order valence-electron chi connectivity index (χ2n) is 5.40. The third-order valence-corrected chi connectivity index (χ3v) is 3.80. The van der Waals surface area contributed by atoms with Gasteiger partial charge in [-0.05, 0) is 35.4 Å². The van der Waals surface area contributed by atoms with Crippen molar-refractivity contribution < 1.29 is 26.3 Å². The fourth-order valence-corrected chi connectivity index (χ4v) is 2.66. The van der Waals surface area contributed by atoms with Crippen molar-refractivity contribution in [1.29, 1.82) is 0 Å². The average Bonchev–Trinajstić information content (AvgIpc) is 2.88. The molecule has 1 heterocycles. The van der Waals surface area contributed by atoms with E-state index in [1.54, 1.807) is 0 Å². The summed E-state index contributed by atoms with van der Waals surface area (Å²) >= 11 is 0. The molecule has 3 aromatic rings. The highest BCUT2D eigenvalue weighted by molar-refractivity contribution is 5.84. The molecule has 0 radical (unpaired) electrons. The van der Waals surface area contributed by atoms with Crippen LogP contribution in [0.5, 0.6) is 0 Å². The number of H-pyrrole nitrogens is 1. The summed E-state index contributed by atoms with van der Waals surface area (Å²) in [4.78, 5) is 2.80. The monoisotopic (exact) mass is 343 g/mol. The molecule has 3 rings (SSSR count). The van der Waals surface area contributed by atoms with E-state index in [0.717, 1.165) is 18.2 Å². The fraction of sp³-hybridized carbons (Fsp3) is 0.176. The smallest absolute Gasteiger partial charge is 0.361 e. The van der Waals surface area contributed by atoms with E-state index >= 15 is 0 Å². The second-order valence-corrected chi connectivity index (χ2v) is 5.40. The maximum Gasteiger partial charge on any atom is 0.416 e. The minimum absolute atomic E-state index is 0.0170. The van der Waals surface area contributed by atoms with Crippen LogP contribution >= 0.6 is 0 Å². The van der Waals surface area contributed by atoms with E-state index in [0.29, 0.717) is 11.1 Å². The van der Waals surface area contributed by atoms with E-state index in [4.69, 9.17) is 0 Å². The summed E-state index contributed by atoms with van der Waals surface area (Å²) in [6.07, 6.45) is -7.69. The van der Waals surface area contributed by atoms with Gasteiger partial charge in [0.2, 0.25) is 0 Å². The molecular weight excluding hydrogens is 332 g/mol. The molecule has 0 fully saturated rings. The van der Waals surface area contributed by atoms with Crippen LogP contribution in [0.15, 0.2) is 48.7 Å². The molecule has 2 aromatic carbocycles. The summed E-state index contributed by atoms with van der Waals surface area (Å²) in [6, 6.07) is 8.21. The lowest BCUT2D eigenvalue weighted by molar-refractivity contribution is -0.138. The van der Waals surface area contributed by atoms with Crippen LogP contribution in [0, 0.1) is 0 Å². The van der Waals surface area contributed by atoms with Gasteiger partial charge in [-0.15, -0.1) is 0 Å². The molecule has 0 aliphatic carbocycles. The highest BCUT2D eigenvalue weighted by Crippen LogP contribution is 2.35. The Morgan fingerprint density at radius 2 is 1.50 bits per heavy atom. The van der Waals surface area contributed by atoms with Gasteiger partial charge in [-0.2, -0.15) is 26.3 Å². The minimum atomic E-state index is -4.51. The number of aromatic nitrogens is 1. The molecule has 24 heavy (non-hydrogen) atoms. The van der Waals surface area contributed by atoms with Crippen molar-refractivity contribution >= 4 is 10.9 Å². The zero-order valence-electron chi connectivity index (χ0n) is 12.1. The summed E-state index contributed by atoms with van der Waals surface area (Å²) in [7, 11) is 0. The number of halogens is 6.